The molecule has 118 valence electrons. The second-order valence-electron chi connectivity index (χ2n) is 5.69. The Morgan fingerprint density at radius 1 is 1.10 bits per heavy atom. The van der Waals surface area contributed by atoms with Gasteiger partial charge in [0.15, 0.2) is 0 Å². The van der Waals surface area contributed by atoms with Crippen LogP contribution in [0.5, 0.6) is 0 Å². The van der Waals surface area contributed by atoms with Gasteiger partial charge in [0, 0.05) is 5.03 Å². The van der Waals surface area contributed by atoms with Crippen LogP contribution in [0.3, 0.4) is 0 Å². The van der Waals surface area contributed by atoms with E-state index in [-0.39, 0.29) is 0 Å². The number of aliphatic hydroxyl groups is 1. The van der Waals surface area contributed by atoms with Crippen LogP contribution in [-0.2, 0) is 6.42 Å². The van der Waals surface area contributed by atoms with E-state index in [2.05, 4.69) is 19.1 Å². The third-order valence-corrected chi connectivity index (χ3v) is 4.17. The highest BCUT2D eigenvalue weighted by atomic mass is 35.5. The molecule has 0 fully saturated rings. The molecule has 1 atom stereocenters. The number of hydrogen-bond acceptors (Lipinski definition) is 1. The average molecular weight is 309 g/mol. The summed E-state index contributed by atoms with van der Waals surface area (Å²) in [4.78, 5) is 0. The van der Waals surface area contributed by atoms with E-state index >= 15 is 0 Å². The van der Waals surface area contributed by atoms with Crippen molar-refractivity contribution >= 4 is 11.6 Å². The Balaban J connectivity index is 2.14. The Morgan fingerprint density at radius 3 is 2.48 bits per heavy atom. The van der Waals surface area contributed by atoms with Crippen molar-refractivity contribution in [2.24, 2.45) is 0 Å². The second kappa shape index (κ2) is 11.8. The standard InChI is InChI=1S/C19H29ClO/c1-2-3-4-5-6-10-16-19(21)18(20)15-11-14-17-12-8-7-9-13-17/h7-9,12-13,15,19,21H,2-6,10-11,14,16H2,1H3/b18-15-. The molecule has 0 saturated carbocycles. The normalized spacial score (nSPS) is 13.4. The van der Waals surface area contributed by atoms with E-state index in [0.29, 0.717) is 5.03 Å². The highest BCUT2D eigenvalue weighted by molar-refractivity contribution is 6.30. The van der Waals surface area contributed by atoms with Crippen molar-refractivity contribution < 1.29 is 5.11 Å². The molecule has 0 aromatic heterocycles. The molecular weight excluding hydrogens is 280 g/mol. The number of rotatable bonds is 11. The second-order valence-corrected chi connectivity index (χ2v) is 6.12. The minimum Gasteiger partial charge on any atom is -0.388 e. The van der Waals surface area contributed by atoms with E-state index in [0.717, 1.165) is 25.7 Å². The van der Waals surface area contributed by atoms with Crippen molar-refractivity contribution in [1.29, 1.82) is 0 Å². The van der Waals surface area contributed by atoms with Crippen LogP contribution in [0, 0.1) is 0 Å². The van der Waals surface area contributed by atoms with Gasteiger partial charge in [-0.25, -0.2) is 0 Å². The first-order valence-electron chi connectivity index (χ1n) is 8.31. The zero-order valence-corrected chi connectivity index (χ0v) is 14.0. The van der Waals surface area contributed by atoms with E-state index in [1.165, 1.54) is 37.7 Å². The lowest BCUT2D eigenvalue weighted by molar-refractivity contribution is 0.203. The van der Waals surface area contributed by atoms with Gasteiger partial charge in [-0.3, -0.25) is 0 Å². The summed E-state index contributed by atoms with van der Waals surface area (Å²) in [5.74, 6) is 0. The molecule has 0 aliphatic heterocycles. The number of unbranched alkanes of at least 4 members (excludes halogenated alkanes) is 5. The van der Waals surface area contributed by atoms with E-state index in [1.807, 2.05) is 24.3 Å². The summed E-state index contributed by atoms with van der Waals surface area (Å²) in [7, 11) is 0. The molecule has 0 aliphatic carbocycles. The first kappa shape index (κ1) is 18.3. The molecule has 0 spiro atoms. The van der Waals surface area contributed by atoms with Crippen molar-refractivity contribution in [3.63, 3.8) is 0 Å². The molecule has 0 amide bonds. The largest absolute Gasteiger partial charge is 0.388 e. The predicted molar refractivity (Wildman–Crippen MR) is 92.7 cm³/mol. The maximum Gasteiger partial charge on any atom is 0.0892 e. The van der Waals surface area contributed by atoms with Crippen LogP contribution < -0.4 is 0 Å². The van der Waals surface area contributed by atoms with Gasteiger partial charge in [0.05, 0.1) is 6.10 Å². The summed E-state index contributed by atoms with van der Waals surface area (Å²) in [5, 5.41) is 10.6. The number of aliphatic hydroxyl groups excluding tert-OH is 1. The molecule has 1 rings (SSSR count). The summed E-state index contributed by atoms with van der Waals surface area (Å²) >= 11 is 6.17. The van der Waals surface area contributed by atoms with Gasteiger partial charge in [0.25, 0.3) is 0 Å². The molecular formula is C19H29ClO. The van der Waals surface area contributed by atoms with Crippen LogP contribution in [0.15, 0.2) is 41.4 Å². The summed E-state index contributed by atoms with van der Waals surface area (Å²) in [6.45, 7) is 2.23. The first-order chi connectivity index (χ1) is 10.2. The summed E-state index contributed by atoms with van der Waals surface area (Å²) in [6.07, 6.45) is 11.6. The average Bonchev–Trinajstić information content (AvgIpc) is 2.51. The minimum atomic E-state index is -0.478. The van der Waals surface area contributed by atoms with E-state index in [4.69, 9.17) is 11.6 Å². The van der Waals surface area contributed by atoms with Gasteiger partial charge < -0.3 is 5.11 Å². The van der Waals surface area contributed by atoms with Crippen LogP contribution in [0.2, 0.25) is 0 Å². The number of aryl methyl sites for hydroxylation is 1. The number of allylic oxidation sites excluding steroid dienone is 1. The fourth-order valence-corrected chi connectivity index (χ4v) is 2.63. The van der Waals surface area contributed by atoms with Gasteiger partial charge >= 0.3 is 0 Å². The number of hydrogen-bond donors (Lipinski definition) is 1. The Labute approximate surface area is 135 Å². The molecule has 0 bridgehead atoms. The van der Waals surface area contributed by atoms with Gasteiger partial charge in [-0.15, -0.1) is 0 Å². The molecule has 1 aromatic carbocycles. The van der Waals surface area contributed by atoms with Crippen LogP contribution in [-0.4, -0.2) is 11.2 Å². The smallest absolute Gasteiger partial charge is 0.0892 e. The summed E-state index contributed by atoms with van der Waals surface area (Å²) in [5.41, 5.74) is 1.31. The van der Waals surface area contributed by atoms with Gasteiger partial charge in [-0.2, -0.15) is 0 Å². The maximum atomic E-state index is 10.0. The van der Waals surface area contributed by atoms with Crippen molar-refractivity contribution in [1.82, 2.24) is 0 Å². The predicted octanol–water partition coefficient (Wildman–Crippen LogP) is 5.85. The van der Waals surface area contributed by atoms with E-state index < -0.39 is 6.10 Å². The molecule has 0 radical (unpaired) electrons. The Hall–Kier alpha value is -0.790. The van der Waals surface area contributed by atoms with Gasteiger partial charge in [0.1, 0.15) is 0 Å². The summed E-state index contributed by atoms with van der Waals surface area (Å²) < 4.78 is 0. The Bertz CT molecular complexity index is 386. The van der Waals surface area contributed by atoms with Crippen molar-refractivity contribution in [3.8, 4) is 0 Å². The molecule has 0 saturated heterocycles. The summed E-state index contributed by atoms with van der Waals surface area (Å²) in [6, 6.07) is 10.4. The third-order valence-electron chi connectivity index (χ3n) is 3.76. The highest BCUT2D eigenvalue weighted by Gasteiger charge is 2.07. The van der Waals surface area contributed by atoms with Gasteiger partial charge in [-0.05, 0) is 24.8 Å². The topological polar surface area (TPSA) is 20.2 Å². The monoisotopic (exact) mass is 308 g/mol. The number of halogens is 1. The molecule has 1 N–H and O–H groups in total. The van der Waals surface area contributed by atoms with Crippen molar-refractivity contribution in [2.75, 3.05) is 0 Å². The quantitative estimate of drug-likeness (QED) is 0.508. The van der Waals surface area contributed by atoms with Crippen molar-refractivity contribution in [2.45, 2.75) is 70.8 Å². The van der Waals surface area contributed by atoms with Crippen LogP contribution in [0.4, 0.5) is 0 Å². The fraction of sp³-hybridized carbons (Fsp3) is 0.579. The zero-order valence-electron chi connectivity index (χ0n) is 13.2. The van der Waals surface area contributed by atoms with Crippen molar-refractivity contribution in [3.05, 3.63) is 47.0 Å². The minimum absolute atomic E-state index is 0.478. The third kappa shape index (κ3) is 8.95. The van der Waals surface area contributed by atoms with Gasteiger partial charge in [0.2, 0.25) is 0 Å². The van der Waals surface area contributed by atoms with Crippen LogP contribution >= 0.6 is 11.6 Å². The molecule has 1 unspecified atom stereocenters. The van der Waals surface area contributed by atoms with Crippen LogP contribution in [0.25, 0.3) is 0 Å². The molecule has 0 aliphatic rings. The molecule has 21 heavy (non-hydrogen) atoms. The SMILES string of the molecule is CCCCCCCCC(O)/C(Cl)=C/CCc1ccccc1. The molecule has 1 aromatic rings. The Kier molecular flexibility index (Phi) is 10.3. The van der Waals surface area contributed by atoms with Gasteiger partial charge in [-0.1, -0.05) is 93.5 Å². The van der Waals surface area contributed by atoms with E-state index in [9.17, 15) is 5.11 Å². The lowest BCUT2D eigenvalue weighted by atomic mass is 10.1. The molecule has 2 heteroatoms. The maximum absolute atomic E-state index is 10.0. The molecule has 1 nitrogen and oxygen atoms in total. The molecule has 0 heterocycles. The van der Waals surface area contributed by atoms with E-state index in [1.54, 1.807) is 0 Å². The van der Waals surface area contributed by atoms with Crippen LogP contribution in [0.1, 0.15) is 63.9 Å². The highest BCUT2D eigenvalue weighted by Crippen LogP contribution is 2.17. The lowest BCUT2D eigenvalue weighted by Crippen LogP contribution is -2.06. The first-order valence-corrected chi connectivity index (χ1v) is 8.69. The lowest BCUT2D eigenvalue weighted by Gasteiger charge is -2.09. The zero-order chi connectivity index (χ0) is 15.3. The number of benzene rings is 1. The fourth-order valence-electron chi connectivity index (χ4n) is 2.41. The Morgan fingerprint density at radius 2 is 1.76 bits per heavy atom.